The molecule has 0 aromatic rings. The molecule has 3 heteroatoms. The largest absolute Gasteiger partial charge is 0.299 e. The second-order valence-electron chi connectivity index (χ2n) is 6.30. The van der Waals surface area contributed by atoms with E-state index in [-0.39, 0.29) is 5.92 Å². The Morgan fingerprint density at radius 3 is 2.21 bits per heavy atom. The summed E-state index contributed by atoms with van der Waals surface area (Å²) in [5, 5.41) is 0.689. The fourth-order valence-corrected chi connectivity index (χ4v) is 5.70. The third-order valence-corrected chi connectivity index (χ3v) is 6.97. The minimum atomic E-state index is -0.619. The summed E-state index contributed by atoms with van der Waals surface area (Å²) >= 11 is 0. The van der Waals surface area contributed by atoms with Gasteiger partial charge in [0.15, 0.2) is 0 Å². The van der Waals surface area contributed by atoms with E-state index in [2.05, 4.69) is 6.92 Å². The monoisotopic (exact) mass is 284 g/mol. The molecule has 2 nitrogen and oxygen atoms in total. The van der Waals surface area contributed by atoms with E-state index >= 15 is 0 Å². The van der Waals surface area contributed by atoms with E-state index in [4.69, 9.17) is 0 Å². The summed E-state index contributed by atoms with van der Waals surface area (Å²) in [4.78, 5) is 12.2. The SMILES string of the molecule is CCCCCCCCC(=O)C1CC2CCC(C1)S2=O. The van der Waals surface area contributed by atoms with Crippen LogP contribution >= 0.6 is 0 Å². The Morgan fingerprint density at radius 2 is 1.58 bits per heavy atom. The van der Waals surface area contributed by atoms with Crippen LogP contribution in [0.3, 0.4) is 0 Å². The first kappa shape index (κ1) is 15.2. The molecule has 0 aliphatic carbocycles. The van der Waals surface area contributed by atoms with E-state index in [1.807, 2.05) is 0 Å². The van der Waals surface area contributed by atoms with Crippen LogP contribution in [0.15, 0.2) is 0 Å². The molecule has 2 saturated heterocycles. The summed E-state index contributed by atoms with van der Waals surface area (Å²) in [6.07, 6.45) is 12.3. The molecule has 2 aliphatic rings. The molecule has 0 spiro atoms. The lowest BCUT2D eigenvalue weighted by molar-refractivity contribution is -0.123. The third kappa shape index (κ3) is 4.14. The molecule has 2 bridgehead atoms. The van der Waals surface area contributed by atoms with Crippen molar-refractivity contribution >= 4 is 16.6 Å². The van der Waals surface area contributed by atoms with Gasteiger partial charge in [-0.2, -0.15) is 0 Å². The predicted octanol–water partition coefficient (Wildman–Crippen LogP) is 4.00. The van der Waals surface area contributed by atoms with Gasteiger partial charge < -0.3 is 0 Å². The molecule has 2 fully saturated rings. The van der Waals surface area contributed by atoms with Crippen LogP contribution < -0.4 is 0 Å². The Labute approximate surface area is 120 Å². The average Bonchev–Trinajstić information content (AvgIpc) is 2.65. The van der Waals surface area contributed by atoms with Gasteiger partial charge in [-0.1, -0.05) is 39.0 Å². The van der Waals surface area contributed by atoms with Crippen LogP contribution in [0.1, 0.15) is 77.6 Å². The lowest BCUT2D eigenvalue weighted by Crippen LogP contribution is -2.32. The molecule has 2 aliphatic heterocycles. The number of ketones is 1. The first-order valence-corrected chi connectivity index (χ1v) is 9.42. The summed E-state index contributed by atoms with van der Waals surface area (Å²) in [6, 6.07) is 0. The van der Waals surface area contributed by atoms with Gasteiger partial charge in [-0.25, -0.2) is 0 Å². The Bertz CT molecular complexity index is 311. The van der Waals surface area contributed by atoms with Crippen LogP contribution in [-0.4, -0.2) is 20.5 Å². The van der Waals surface area contributed by atoms with Gasteiger partial charge in [0.1, 0.15) is 5.78 Å². The van der Waals surface area contributed by atoms with Crippen molar-refractivity contribution in [3.8, 4) is 0 Å². The van der Waals surface area contributed by atoms with Crippen LogP contribution in [0, 0.1) is 5.92 Å². The van der Waals surface area contributed by atoms with Gasteiger partial charge in [-0.15, -0.1) is 0 Å². The Kier molecular flexibility index (Phi) is 6.06. The number of rotatable bonds is 8. The Morgan fingerprint density at radius 1 is 1.00 bits per heavy atom. The van der Waals surface area contributed by atoms with Crippen molar-refractivity contribution < 1.29 is 9.00 Å². The maximum absolute atomic E-state index is 12.2. The fraction of sp³-hybridized carbons (Fsp3) is 0.938. The smallest absolute Gasteiger partial charge is 0.136 e. The topological polar surface area (TPSA) is 34.1 Å². The molecule has 0 saturated carbocycles. The predicted molar refractivity (Wildman–Crippen MR) is 80.7 cm³/mol. The van der Waals surface area contributed by atoms with Crippen molar-refractivity contribution in [2.45, 2.75) is 88.1 Å². The molecule has 2 rings (SSSR count). The molecular formula is C16H28O2S. The van der Waals surface area contributed by atoms with Gasteiger partial charge in [-0.3, -0.25) is 9.00 Å². The molecule has 2 unspecified atom stereocenters. The lowest BCUT2D eigenvalue weighted by atomic mass is 9.91. The Hall–Kier alpha value is -0.180. The zero-order chi connectivity index (χ0) is 13.7. The molecule has 0 aromatic carbocycles. The highest BCUT2D eigenvalue weighted by Gasteiger charge is 2.42. The van der Waals surface area contributed by atoms with Crippen molar-refractivity contribution in [2.24, 2.45) is 5.92 Å². The summed E-state index contributed by atoms with van der Waals surface area (Å²) in [5.41, 5.74) is 0. The summed E-state index contributed by atoms with van der Waals surface area (Å²) in [7, 11) is -0.619. The molecule has 0 radical (unpaired) electrons. The molecule has 19 heavy (non-hydrogen) atoms. The number of hydrogen-bond acceptors (Lipinski definition) is 2. The van der Waals surface area contributed by atoms with E-state index in [1.165, 1.54) is 32.1 Å². The maximum Gasteiger partial charge on any atom is 0.136 e. The van der Waals surface area contributed by atoms with Gasteiger partial charge in [0, 0.05) is 33.6 Å². The van der Waals surface area contributed by atoms with Crippen molar-refractivity contribution in [1.29, 1.82) is 0 Å². The average molecular weight is 284 g/mol. The third-order valence-electron chi connectivity index (χ3n) is 4.79. The Balaban J connectivity index is 1.63. The molecule has 110 valence electrons. The highest BCUT2D eigenvalue weighted by atomic mass is 32.2. The van der Waals surface area contributed by atoms with Gasteiger partial charge in [-0.05, 0) is 32.1 Å². The van der Waals surface area contributed by atoms with Gasteiger partial charge in [0.2, 0.25) is 0 Å². The number of hydrogen-bond donors (Lipinski definition) is 0. The minimum Gasteiger partial charge on any atom is -0.299 e. The molecule has 2 heterocycles. The van der Waals surface area contributed by atoms with Crippen molar-refractivity contribution in [3.63, 3.8) is 0 Å². The van der Waals surface area contributed by atoms with Crippen LogP contribution in [0.4, 0.5) is 0 Å². The summed E-state index contributed by atoms with van der Waals surface area (Å²) in [6.45, 7) is 2.23. The number of unbranched alkanes of at least 4 members (excludes halogenated alkanes) is 5. The zero-order valence-electron chi connectivity index (χ0n) is 12.2. The number of Topliss-reactive ketones (excluding diaryl/α,β-unsaturated/α-hetero) is 1. The second kappa shape index (κ2) is 7.56. The van der Waals surface area contributed by atoms with Crippen LogP contribution in [0.5, 0.6) is 0 Å². The van der Waals surface area contributed by atoms with Crippen molar-refractivity contribution in [1.82, 2.24) is 0 Å². The van der Waals surface area contributed by atoms with Crippen LogP contribution in [0.2, 0.25) is 0 Å². The van der Waals surface area contributed by atoms with E-state index in [0.29, 0.717) is 16.3 Å². The van der Waals surface area contributed by atoms with Crippen molar-refractivity contribution in [3.05, 3.63) is 0 Å². The number of carbonyl (C=O) groups is 1. The molecular weight excluding hydrogens is 256 g/mol. The second-order valence-corrected chi connectivity index (χ2v) is 8.29. The molecule has 0 N–H and O–H groups in total. The van der Waals surface area contributed by atoms with Crippen LogP contribution in [-0.2, 0) is 15.6 Å². The van der Waals surface area contributed by atoms with E-state index in [1.54, 1.807) is 0 Å². The quantitative estimate of drug-likeness (QED) is 0.631. The first-order chi connectivity index (χ1) is 9.22. The van der Waals surface area contributed by atoms with Crippen molar-refractivity contribution in [2.75, 3.05) is 0 Å². The molecule has 0 amide bonds. The number of carbonyl (C=O) groups excluding carboxylic acids is 1. The highest BCUT2D eigenvalue weighted by Crippen LogP contribution is 2.39. The maximum atomic E-state index is 12.2. The van der Waals surface area contributed by atoms with Gasteiger partial charge in [0.25, 0.3) is 0 Å². The van der Waals surface area contributed by atoms with Crippen LogP contribution in [0.25, 0.3) is 0 Å². The number of fused-ring (bicyclic) bond motifs is 2. The van der Waals surface area contributed by atoms with Gasteiger partial charge in [0.05, 0.1) is 0 Å². The van der Waals surface area contributed by atoms with E-state index in [9.17, 15) is 9.00 Å². The lowest BCUT2D eigenvalue weighted by Gasteiger charge is -2.26. The van der Waals surface area contributed by atoms with E-state index < -0.39 is 10.8 Å². The molecule has 2 atom stereocenters. The fourth-order valence-electron chi connectivity index (χ4n) is 3.58. The standard InChI is InChI=1S/C16H28O2S/c1-2-3-4-5-6-7-8-16(17)13-11-14-9-10-15(12-13)19(14)18/h13-15H,2-12H2,1H3. The zero-order valence-corrected chi connectivity index (χ0v) is 13.1. The van der Waals surface area contributed by atoms with Gasteiger partial charge >= 0.3 is 0 Å². The first-order valence-electron chi connectivity index (χ1n) is 8.14. The summed E-state index contributed by atoms with van der Waals surface area (Å²) in [5.74, 6) is 0.704. The minimum absolute atomic E-state index is 0.242. The molecule has 0 aromatic heterocycles. The van der Waals surface area contributed by atoms with E-state index in [0.717, 1.165) is 38.5 Å². The summed E-state index contributed by atoms with van der Waals surface area (Å²) < 4.78 is 11.9. The highest BCUT2D eigenvalue weighted by molar-refractivity contribution is 7.86. The normalized spacial score (nSPS) is 33.5.